The molecule has 3 nitrogen and oxygen atoms in total. The molecule has 0 aromatic carbocycles. The Morgan fingerprint density at radius 3 is 3.06 bits per heavy atom. The Morgan fingerprint density at radius 2 is 2.38 bits per heavy atom. The van der Waals surface area contributed by atoms with Crippen LogP contribution in [-0.4, -0.2) is 16.1 Å². The summed E-state index contributed by atoms with van der Waals surface area (Å²) >= 11 is 5.20. The smallest absolute Gasteiger partial charge is 0.166 e. The largest absolute Gasteiger partial charge is 0.360 e. The number of aryl methyl sites for hydroxylation is 1. The molecule has 1 fully saturated rings. The fraction of sp³-hybridized carbons (Fsp3) is 0.500. The first-order valence-electron chi connectivity index (χ1n) is 5.76. The lowest BCUT2D eigenvalue weighted by Gasteiger charge is -2.11. The fourth-order valence-corrected chi connectivity index (χ4v) is 1.82. The zero-order valence-corrected chi connectivity index (χ0v) is 10.3. The van der Waals surface area contributed by atoms with Gasteiger partial charge in [0.25, 0.3) is 0 Å². The van der Waals surface area contributed by atoms with Crippen molar-refractivity contribution in [3.8, 4) is 0 Å². The van der Waals surface area contributed by atoms with Crippen molar-refractivity contribution < 1.29 is 0 Å². The van der Waals surface area contributed by atoms with E-state index in [2.05, 4.69) is 28.6 Å². The van der Waals surface area contributed by atoms with Crippen molar-refractivity contribution in [3.05, 3.63) is 29.6 Å². The van der Waals surface area contributed by atoms with Crippen molar-refractivity contribution >= 4 is 17.3 Å². The molecule has 0 saturated heterocycles. The molecule has 1 aromatic heterocycles. The predicted octanol–water partition coefficient (Wildman–Crippen LogP) is 1.77. The average Bonchev–Trinajstić information content (AvgIpc) is 3.10. The van der Waals surface area contributed by atoms with Crippen LogP contribution in [0.1, 0.15) is 31.0 Å². The van der Waals surface area contributed by atoms with Crippen LogP contribution in [0.5, 0.6) is 0 Å². The number of rotatable bonds is 4. The van der Waals surface area contributed by atoms with Gasteiger partial charge >= 0.3 is 0 Å². The summed E-state index contributed by atoms with van der Waals surface area (Å²) in [7, 11) is 0. The SMILES string of the molecule is CCc1cccnc1CNC(=S)NC1CC1. The van der Waals surface area contributed by atoms with Crippen LogP contribution in [0.15, 0.2) is 18.3 Å². The summed E-state index contributed by atoms with van der Waals surface area (Å²) in [5, 5.41) is 7.20. The number of pyridine rings is 1. The first-order chi connectivity index (χ1) is 7.79. The van der Waals surface area contributed by atoms with Crippen LogP contribution in [0.2, 0.25) is 0 Å². The predicted molar refractivity (Wildman–Crippen MR) is 69.2 cm³/mol. The van der Waals surface area contributed by atoms with E-state index in [1.165, 1.54) is 18.4 Å². The molecule has 0 amide bonds. The molecular formula is C12H17N3S. The number of nitrogens with zero attached hydrogens (tertiary/aromatic N) is 1. The second-order valence-corrected chi connectivity index (χ2v) is 4.47. The third-order valence-corrected chi connectivity index (χ3v) is 2.96. The molecule has 0 spiro atoms. The lowest BCUT2D eigenvalue weighted by molar-refractivity contribution is 0.801. The van der Waals surface area contributed by atoms with Crippen LogP contribution in [-0.2, 0) is 13.0 Å². The van der Waals surface area contributed by atoms with Gasteiger partial charge in [0.1, 0.15) is 0 Å². The molecule has 16 heavy (non-hydrogen) atoms. The summed E-state index contributed by atoms with van der Waals surface area (Å²) in [6.45, 7) is 2.85. The Kier molecular flexibility index (Phi) is 3.72. The van der Waals surface area contributed by atoms with Crippen molar-refractivity contribution in [1.82, 2.24) is 15.6 Å². The summed E-state index contributed by atoms with van der Waals surface area (Å²) in [5.74, 6) is 0. The maximum absolute atomic E-state index is 5.20. The Bertz CT molecular complexity index is 374. The molecule has 2 N–H and O–H groups in total. The van der Waals surface area contributed by atoms with E-state index in [0.29, 0.717) is 12.6 Å². The molecule has 1 saturated carbocycles. The van der Waals surface area contributed by atoms with Gasteiger partial charge in [0, 0.05) is 12.2 Å². The van der Waals surface area contributed by atoms with Gasteiger partial charge in [-0.2, -0.15) is 0 Å². The molecule has 1 aromatic rings. The van der Waals surface area contributed by atoms with Crippen molar-refractivity contribution in [2.24, 2.45) is 0 Å². The number of hydrogen-bond donors (Lipinski definition) is 2. The summed E-state index contributed by atoms with van der Waals surface area (Å²) < 4.78 is 0. The molecule has 86 valence electrons. The van der Waals surface area contributed by atoms with Crippen molar-refractivity contribution in [3.63, 3.8) is 0 Å². The lowest BCUT2D eigenvalue weighted by atomic mass is 10.1. The minimum Gasteiger partial charge on any atom is -0.360 e. The van der Waals surface area contributed by atoms with Crippen molar-refractivity contribution in [2.45, 2.75) is 38.8 Å². The summed E-state index contributed by atoms with van der Waals surface area (Å²) in [4.78, 5) is 4.37. The van der Waals surface area contributed by atoms with Gasteiger partial charge in [0.2, 0.25) is 0 Å². The van der Waals surface area contributed by atoms with Gasteiger partial charge in [0.15, 0.2) is 5.11 Å². The highest BCUT2D eigenvalue weighted by molar-refractivity contribution is 7.80. The third kappa shape index (κ3) is 3.17. The highest BCUT2D eigenvalue weighted by Crippen LogP contribution is 2.18. The quantitative estimate of drug-likeness (QED) is 0.780. The highest BCUT2D eigenvalue weighted by atomic mass is 32.1. The second kappa shape index (κ2) is 5.25. The van der Waals surface area contributed by atoms with Gasteiger partial charge in [-0.15, -0.1) is 0 Å². The molecule has 0 aliphatic heterocycles. The maximum atomic E-state index is 5.20. The highest BCUT2D eigenvalue weighted by Gasteiger charge is 2.21. The average molecular weight is 235 g/mol. The van der Waals surface area contributed by atoms with E-state index in [9.17, 15) is 0 Å². The molecular weight excluding hydrogens is 218 g/mol. The van der Waals surface area contributed by atoms with E-state index >= 15 is 0 Å². The Hall–Kier alpha value is -1.16. The van der Waals surface area contributed by atoms with Gasteiger partial charge in [0.05, 0.1) is 12.2 Å². The van der Waals surface area contributed by atoms with Crippen LogP contribution in [0.25, 0.3) is 0 Å². The molecule has 2 rings (SSSR count). The zero-order valence-electron chi connectivity index (χ0n) is 9.49. The van der Waals surface area contributed by atoms with E-state index in [4.69, 9.17) is 12.2 Å². The van der Waals surface area contributed by atoms with Crippen LogP contribution in [0, 0.1) is 0 Å². The number of nitrogens with one attached hydrogen (secondary N) is 2. The normalized spacial score (nSPS) is 14.6. The monoisotopic (exact) mass is 235 g/mol. The minimum atomic E-state index is 0.606. The molecule has 4 heteroatoms. The van der Waals surface area contributed by atoms with Gasteiger partial charge < -0.3 is 10.6 Å². The van der Waals surface area contributed by atoms with Crippen molar-refractivity contribution in [2.75, 3.05) is 0 Å². The Balaban J connectivity index is 1.85. The van der Waals surface area contributed by atoms with Gasteiger partial charge in [-0.25, -0.2) is 0 Å². The molecule has 0 unspecified atom stereocenters. The van der Waals surface area contributed by atoms with E-state index < -0.39 is 0 Å². The van der Waals surface area contributed by atoms with E-state index in [0.717, 1.165) is 17.2 Å². The molecule has 1 aliphatic carbocycles. The van der Waals surface area contributed by atoms with E-state index in [-0.39, 0.29) is 0 Å². The van der Waals surface area contributed by atoms with E-state index in [1.807, 2.05) is 12.3 Å². The molecule has 0 radical (unpaired) electrons. The number of hydrogen-bond acceptors (Lipinski definition) is 2. The molecule has 1 heterocycles. The van der Waals surface area contributed by atoms with Crippen LogP contribution in [0.4, 0.5) is 0 Å². The zero-order chi connectivity index (χ0) is 11.4. The lowest BCUT2D eigenvalue weighted by Crippen LogP contribution is -2.36. The molecule has 0 bridgehead atoms. The standard InChI is InChI=1S/C12H17N3S/c1-2-9-4-3-7-13-11(9)8-14-12(16)15-10-5-6-10/h3-4,7,10H,2,5-6,8H2,1H3,(H2,14,15,16). The van der Waals surface area contributed by atoms with Gasteiger partial charge in [-0.05, 0) is 43.1 Å². The second-order valence-electron chi connectivity index (χ2n) is 4.06. The van der Waals surface area contributed by atoms with Crippen LogP contribution in [0.3, 0.4) is 0 Å². The van der Waals surface area contributed by atoms with Gasteiger partial charge in [-0.1, -0.05) is 13.0 Å². The molecule has 1 aliphatic rings. The Morgan fingerprint density at radius 1 is 1.56 bits per heavy atom. The van der Waals surface area contributed by atoms with Crippen LogP contribution >= 0.6 is 12.2 Å². The topological polar surface area (TPSA) is 37.0 Å². The minimum absolute atomic E-state index is 0.606. The number of aromatic nitrogens is 1. The fourth-order valence-electron chi connectivity index (χ4n) is 1.58. The Labute approximate surface area is 102 Å². The van der Waals surface area contributed by atoms with Crippen molar-refractivity contribution in [1.29, 1.82) is 0 Å². The summed E-state index contributed by atoms with van der Waals surface area (Å²) in [5.41, 5.74) is 2.37. The third-order valence-electron chi connectivity index (χ3n) is 2.69. The van der Waals surface area contributed by atoms with Crippen LogP contribution < -0.4 is 10.6 Å². The summed E-state index contributed by atoms with van der Waals surface area (Å²) in [6, 6.07) is 4.69. The number of thiocarbonyl (C=S) groups is 1. The maximum Gasteiger partial charge on any atom is 0.166 e. The van der Waals surface area contributed by atoms with Gasteiger partial charge in [-0.3, -0.25) is 4.98 Å². The summed E-state index contributed by atoms with van der Waals surface area (Å²) in [6.07, 6.45) is 5.32. The first kappa shape index (κ1) is 11.3. The first-order valence-corrected chi connectivity index (χ1v) is 6.17. The van der Waals surface area contributed by atoms with E-state index in [1.54, 1.807) is 0 Å². The molecule has 0 atom stereocenters.